The van der Waals surface area contributed by atoms with E-state index in [2.05, 4.69) is 10.4 Å². The Hall–Kier alpha value is -2.25. The Morgan fingerprint density at radius 1 is 1.26 bits per heavy atom. The van der Waals surface area contributed by atoms with Gasteiger partial charge in [-0.05, 0) is 23.8 Å². The third-order valence-corrected chi connectivity index (χ3v) is 4.79. The summed E-state index contributed by atoms with van der Waals surface area (Å²) in [4.78, 5) is 11.2. The van der Waals surface area contributed by atoms with Gasteiger partial charge in [-0.1, -0.05) is 53.6 Å². The van der Waals surface area contributed by atoms with Crippen LogP contribution in [-0.4, -0.2) is 20.7 Å². The van der Waals surface area contributed by atoms with Gasteiger partial charge in [-0.25, -0.2) is 0 Å². The molecule has 9 heteroatoms. The first kappa shape index (κ1) is 19.5. The number of alkyl halides is 4. The van der Waals surface area contributed by atoms with Crippen LogP contribution in [-0.2, 0) is 13.2 Å². The van der Waals surface area contributed by atoms with Gasteiger partial charge in [0.1, 0.15) is 5.00 Å². The number of hydrogen-bond acceptors (Lipinski definition) is 2. The highest BCUT2D eigenvalue weighted by molar-refractivity contribution is 6.30. The van der Waals surface area contributed by atoms with E-state index in [1.165, 1.54) is 13.1 Å². The van der Waals surface area contributed by atoms with Gasteiger partial charge in [-0.15, -0.1) is 0 Å². The Balaban J connectivity index is 1.93. The number of nitrogens with zero attached hydrogens (tertiary/aromatic N) is 2. The molecule has 0 saturated carbocycles. The number of allylic oxidation sites excluding steroid dienone is 2. The van der Waals surface area contributed by atoms with Crippen molar-refractivity contribution in [3.05, 3.63) is 76.6 Å². The zero-order valence-corrected chi connectivity index (χ0v) is 15.5. The maximum atomic E-state index is 13.1. The molecule has 1 aliphatic rings. The maximum Gasteiger partial charge on any atom is 0.435 e. The molecule has 2 aromatic rings. The molecule has 2 unspecified atom stereocenters. The van der Waals surface area contributed by atoms with Crippen molar-refractivity contribution < 1.29 is 18.0 Å². The molecule has 0 fully saturated rings. The van der Waals surface area contributed by atoms with E-state index < -0.39 is 34.3 Å². The van der Waals surface area contributed by atoms with Crippen molar-refractivity contribution in [3.8, 4) is 0 Å². The van der Waals surface area contributed by atoms with E-state index in [0.717, 1.165) is 16.4 Å². The second-order valence-corrected chi connectivity index (χ2v) is 7.12. The van der Waals surface area contributed by atoms with Gasteiger partial charge in [-0.3, -0.25) is 9.48 Å². The lowest BCUT2D eigenvalue weighted by molar-refractivity contribution is -0.141. The Bertz CT molecular complexity index is 919. The molecule has 4 nitrogen and oxygen atoms in total. The lowest BCUT2D eigenvalue weighted by Crippen LogP contribution is -2.47. The first-order valence-corrected chi connectivity index (χ1v) is 8.59. The SMILES string of the molecule is Cn1cc(C(=O)NC2(Cl)C=CC=CC2c2ccc(Cl)cc2)c(C(F)(F)F)n1. The van der Waals surface area contributed by atoms with Crippen LogP contribution in [0.2, 0.25) is 5.02 Å². The number of amides is 1. The van der Waals surface area contributed by atoms with Crippen LogP contribution in [0.1, 0.15) is 27.5 Å². The third kappa shape index (κ3) is 4.04. The zero-order chi connectivity index (χ0) is 19.8. The largest absolute Gasteiger partial charge is 0.435 e. The van der Waals surface area contributed by atoms with Crippen molar-refractivity contribution in [3.63, 3.8) is 0 Å². The predicted octanol–water partition coefficient (Wildman–Crippen LogP) is 4.67. The number of hydrogen-bond donors (Lipinski definition) is 1. The third-order valence-electron chi connectivity index (χ3n) is 4.08. The summed E-state index contributed by atoms with van der Waals surface area (Å²) >= 11 is 12.5. The first-order chi connectivity index (χ1) is 12.6. The monoisotopic (exact) mass is 415 g/mol. The summed E-state index contributed by atoms with van der Waals surface area (Å²) in [5.74, 6) is -1.47. The first-order valence-electron chi connectivity index (χ1n) is 7.84. The molecule has 0 spiro atoms. The van der Waals surface area contributed by atoms with Crippen molar-refractivity contribution in [1.29, 1.82) is 0 Å². The van der Waals surface area contributed by atoms with E-state index in [1.807, 2.05) is 0 Å². The number of rotatable bonds is 3. The van der Waals surface area contributed by atoms with Crippen LogP contribution >= 0.6 is 23.2 Å². The molecule has 1 aliphatic carbocycles. The average Bonchev–Trinajstić information content (AvgIpc) is 2.98. The van der Waals surface area contributed by atoms with Crippen LogP contribution in [0.4, 0.5) is 13.2 Å². The van der Waals surface area contributed by atoms with Gasteiger partial charge < -0.3 is 5.32 Å². The van der Waals surface area contributed by atoms with E-state index in [0.29, 0.717) is 5.02 Å². The molecule has 1 amide bonds. The second-order valence-electron chi connectivity index (χ2n) is 6.06. The Kier molecular flexibility index (Phi) is 5.10. The van der Waals surface area contributed by atoms with Crippen molar-refractivity contribution in [1.82, 2.24) is 15.1 Å². The number of benzene rings is 1. The summed E-state index contributed by atoms with van der Waals surface area (Å²) in [5, 5.41) is 6.38. The molecule has 0 radical (unpaired) electrons. The van der Waals surface area contributed by atoms with Crippen LogP contribution in [0.5, 0.6) is 0 Å². The molecule has 0 bridgehead atoms. The molecule has 27 heavy (non-hydrogen) atoms. The fourth-order valence-corrected chi connectivity index (χ4v) is 3.35. The molecule has 1 aromatic heterocycles. The highest BCUT2D eigenvalue weighted by Gasteiger charge is 2.42. The molecule has 1 N–H and O–H groups in total. The maximum absolute atomic E-state index is 13.1. The fourth-order valence-electron chi connectivity index (χ4n) is 2.86. The van der Waals surface area contributed by atoms with Gasteiger partial charge >= 0.3 is 6.18 Å². The van der Waals surface area contributed by atoms with Gasteiger partial charge in [0.2, 0.25) is 0 Å². The van der Waals surface area contributed by atoms with E-state index in [-0.39, 0.29) is 0 Å². The minimum Gasteiger partial charge on any atom is -0.329 e. The molecule has 2 atom stereocenters. The van der Waals surface area contributed by atoms with Crippen LogP contribution < -0.4 is 5.32 Å². The summed E-state index contributed by atoms with van der Waals surface area (Å²) < 4.78 is 40.4. The summed E-state index contributed by atoms with van der Waals surface area (Å²) in [6.07, 6.45) is 2.90. The van der Waals surface area contributed by atoms with E-state index in [4.69, 9.17) is 23.2 Å². The highest BCUT2D eigenvalue weighted by Crippen LogP contribution is 2.38. The van der Waals surface area contributed by atoms with Crippen LogP contribution in [0, 0.1) is 0 Å². The quantitative estimate of drug-likeness (QED) is 0.584. The summed E-state index contributed by atoms with van der Waals surface area (Å²) in [6.45, 7) is 0. The number of aryl methyl sites for hydroxylation is 1. The second kappa shape index (κ2) is 7.05. The molecule has 1 aromatic carbocycles. The molecule has 1 heterocycles. The van der Waals surface area contributed by atoms with Crippen LogP contribution in [0.3, 0.4) is 0 Å². The average molecular weight is 416 g/mol. The predicted molar refractivity (Wildman–Crippen MR) is 96.7 cm³/mol. The number of carbonyl (C=O) groups excluding carboxylic acids is 1. The minimum absolute atomic E-state index is 0.503. The van der Waals surface area contributed by atoms with Gasteiger partial charge in [0.05, 0.1) is 5.56 Å². The van der Waals surface area contributed by atoms with Crippen molar-refractivity contribution in [2.45, 2.75) is 17.1 Å². The zero-order valence-electron chi connectivity index (χ0n) is 14.0. The summed E-state index contributed by atoms with van der Waals surface area (Å²) in [6, 6.07) is 6.83. The van der Waals surface area contributed by atoms with E-state index in [1.54, 1.807) is 42.5 Å². The van der Waals surface area contributed by atoms with Crippen LogP contribution in [0.15, 0.2) is 54.8 Å². The Morgan fingerprint density at radius 3 is 2.56 bits per heavy atom. The summed E-state index contributed by atoms with van der Waals surface area (Å²) in [5.41, 5.74) is -1.11. The number of nitrogens with one attached hydrogen (secondary N) is 1. The van der Waals surface area contributed by atoms with Crippen LogP contribution in [0.25, 0.3) is 0 Å². The molecular formula is C18H14Cl2F3N3O. The molecule has 3 rings (SSSR count). The number of halogens is 5. The molecule has 0 aliphatic heterocycles. The van der Waals surface area contributed by atoms with Gasteiger partial charge in [-0.2, -0.15) is 18.3 Å². The normalized spacial score (nSPS) is 22.1. The lowest BCUT2D eigenvalue weighted by Gasteiger charge is -2.34. The highest BCUT2D eigenvalue weighted by atomic mass is 35.5. The molecular weight excluding hydrogens is 402 g/mol. The van der Waals surface area contributed by atoms with Crippen molar-refractivity contribution in [2.24, 2.45) is 7.05 Å². The molecule has 0 saturated heterocycles. The van der Waals surface area contributed by atoms with Gasteiger partial charge in [0.25, 0.3) is 5.91 Å². The standard InChI is InChI=1S/C18H14Cl2F3N3O/c1-26-10-13(15(25-26)18(21,22)23)16(27)24-17(20)9-3-2-4-14(17)11-5-7-12(19)8-6-11/h2-10,14H,1H3,(H,24,27). The lowest BCUT2D eigenvalue weighted by atomic mass is 9.87. The van der Waals surface area contributed by atoms with Crippen molar-refractivity contribution in [2.75, 3.05) is 0 Å². The van der Waals surface area contributed by atoms with Gasteiger partial charge in [0, 0.05) is 24.2 Å². The fraction of sp³-hybridized carbons (Fsp3) is 0.222. The smallest absolute Gasteiger partial charge is 0.329 e. The number of aromatic nitrogens is 2. The molecule has 142 valence electrons. The van der Waals surface area contributed by atoms with Crippen molar-refractivity contribution >= 4 is 29.1 Å². The van der Waals surface area contributed by atoms with Gasteiger partial charge in [0.15, 0.2) is 5.69 Å². The number of carbonyl (C=O) groups is 1. The Morgan fingerprint density at radius 2 is 1.93 bits per heavy atom. The minimum atomic E-state index is -4.76. The van der Waals surface area contributed by atoms with E-state index >= 15 is 0 Å². The Labute approximate surface area is 163 Å². The van der Waals surface area contributed by atoms with E-state index in [9.17, 15) is 18.0 Å². The topological polar surface area (TPSA) is 46.9 Å². The summed E-state index contributed by atoms with van der Waals surface area (Å²) in [7, 11) is 1.31.